The molecule has 0 unspecified atom stereocenters. The van der Waals surface area contributed by atoms with Crippen LogP contribution in [0.15, 0.2) is 52.3 Å². The molecular weight excluding hydrogens is 384 g/mol. The maximum atomic E-state index is 12.4. The molecule has 6 heteroatoms. The van der Waals surface area contributed by atoms with Gasteiger partial charge in [0.05, 0.1) is 17.1 Å². The van der Waals surface area contributed by atoms with E-state index in [0.717, 1.165) is 45.9 Å². The number of benzene rings is 2. The van der Waals surface area contributed by atoms with Crippen molar-refractivity contribution in [2.24, 2.45) is 4.99 Å². The summed E-state index contributed by atoms with van der Waals surface area (Å²) in [5.41, 5.74) is 5.24. The molecule has 0 bridgehead atoms. The van der Waals surface area contributed by atoms with Crippen molar-refractivity contribution < 1.29 is 9.84 Å². The van der Waals surface area contributed by atoms with Gasteiger partial charge in [0.2, 0.25) is 5.88 Å². The zero-order valence-electron chi connectivity index (χ0n) is 16.4. The molecule has 3 aromatic rings. The summed E-state index contributed by atoms with van der Waals surface area (Å²) >= 11 is 1.02. The average molecular weight is 407 g/mol. The van der Waals surface area contributed by atoms with Crippen molar-refractivity contribution in [3.63, 3.8) is 0 Å². The Hall–Kier alpha value is -3.12. The quantitative estimate of drug-likeness (QED) is 0.638. The number of aliphatic imine (C=N–C) groups is 1. The number of aryl methyl sites for hydroxylation is 2. The molecule has 2 aromatic carbocycles. The normalized spacial score (nSPS) is 13.8. The van der Waals surface area contributed by atoms with Crippen molar-refractivity contribution >= 4 is 34.9 Å². The maximum absolute atomic E-state index is 12.4. The monoisotopic (exact) mass is 406 g/mol. The number of nitrogens with zero attached hydrogens (tertiary/aromatic N) is 2. The molecule has 0 aliphatic carbocycles. The second-order valence-corrected chi connectivity index (χ2v) is 7.89. The van der Waals surface area contributed by atoms with Gasteiger partial charge in [0, 0.05) is 17.4 Å². The molecule has 5 nitrogen and oxygen atoms in total. The Morgan fingerprint density at radius 1 is 1.21 bits per heavy atom. The Morgan fingerprint density at radius 2 is 2.00 bits per heavy atom. The summed E-state index contributed by atoms with van der Waals surface area (Å²) < 4.78 is 7.03. The third-order valence-corrected chi connectivity index (χ3v) is 5.84. The molecule has 0 fully saturated rings. The van der Waals surface area contributed by atoms with E-state index >= 15 is 0 Å². The van der Waals surface area contributed by atoms with E-state index < -0.39 is 0 Å². The van der Waals surface area contributed by atoms with Gasteiger partial charge in [0.1, 0.15) is 12.4 Å². The van der Waals surface area contributed by atoms with Crippen LogP contribution in [0.4, 0.5) is 5.69 Å². The Bertz CT molecular complexity index is 1150. The molecule has 1 N–H and O–H groups in total. The lowest BCUT2D eigenvalue weighted by Gasteiger charge is -2.07. The molecule has 0 spiro atoms. The van der Waals surface area contributed by atoms with Gasteiger partial charge in [-0.15, -0.1) is 0 Å². The Balaban J connectivity index is 1.53. The minimum atomic E-state index is -0.209. The van der Waals surface area contributed by atoms with Gasteiger partial charge >= 0.3 is 4.87 Å². The lowest BCUT2D eigenvalue weighted by atomic mass is 10.0. The summed E-state index contributed by atoms with van der Waals surface area (Å²) in [5, 5.41) is 10.6. The predicted molar refractivity (Wildman–Crippen MR) is 119 cm³/mol. The molecule has 148 valence electrons. The van der Waals surface area contributed by atoms with Crippen LogP contribution in [-0.4, -0.2) is 22.5 Å². The molecule has 4 rings (SSSR count). The highest BCUT2D eigenvalue weighted by Crippen LogP contribution is 2.37. The standard InChI is InChI=1S/C23H22N2O3S/c1-3-16-5-4-6-19-17(14-24-21(16)19)13-20-22(26)25(23(27)29-20)11-12-28-18-9-7-15(2)8-10-18/h4-10,13-14,26H,3,11-12H2,1-2H3/b17-13+. The summed E-state index contributed by atoms with van der Waals surface area (Å²) in [4.78, 5) is 17.2. The molecule has 1 aliphatic heterocycles. The fraction of sp³-hybridized carbons (Fsp3) is 0.217. The summed E-state index contributed by atoms with van der Waals surface area (Å²) in [7, 11) is 0. The average Bonchev–Trinajstić information content (AvgIpc) is 3.25. The van der Waals surface area contributed by atoms with E-state index in [4.69, 9.17) is 4.74 Å². The molecular formula is C23H22N2O3S. The highest BCUT2D eigenvalue weighted by Gasteiger charge is 2.18. The van der Waals surface area contributed by atoms with Crippen molar-refractivity contribution in [2.75, 3.05) is 6.61 Å². The van der Waals surface area contributed by atoms with Crippen molar-refractivity contribution in [1.82, 2.24) is 4.57 Å². The van der Waals surface area contributed by atoms with E-state index in [2.05, 4.69) is 18.0 Å². The van der Waals surface area contributed by atoms with Crippen molar-refractivity contribution in [3.8, 4) is 11.6 Å². The zero-order chi connectivity index (χ0) is 20.4. The van der Waals surface area contributed by atoms with Crippen molar-refractivity contribution in [2.45, 2.75) is 26.8 Å². The van der Waals surface area contributed by atoms with Gasteiger partial charge in [-0.3, -0.25) is 14.4 Å². The van der Waals surface area contributed by atoms with E-state index in [1.807, 2.05) is 49.4 Å². The first-order valence-corrected chi connectivity index (χ1v) is 10.4. The second kappa shape index (κ2) is 8.09. The first-order valence-electron chi connectivity index (χ1n) is 9.57. The fourth-order valence-electron chi connectivity index (χ4n) is 3.32. The molecule has 0 atom stereocenters. The van der Waals surface area contributed by atoms with Crippen LogP contribution in [-0.2, 0) is 13.0 Å². The molecule has 0 saturated heterocycles. The number of rotatable bonds is 6. The highest BCUT2D eigenvalue weighted by molar-refractivity contribution is 7.10. The number of thiazole rings is 1. The van der Waals surface area contributed by atoms with Crippen LogP contribution in [0.25, 0.3) is 11.6 Å². The minimum absolute atomic E-state index is 0.0338. The van der Waals surface area contributed by atoms with Gasteiger partial charge in [-0.2, -0.15) is 0 Å². The number of fused-ring (bicyclic) bond motifs is 1. The summed E-state index contributed by atoms with van der Waals surface area (Å²) in [5.74, 6) is 0.708. The van der Waals surface area contributed by atoms with Crippen molar-refractivity contribution in [3.05, 3.63) is 73.7 Å². The number of hydrogen-bond donors (Lipinski definition) is 1. The predicted octanol–water partition coefficient (Wildman–Crippen LogP) is 4.82. The summed E-state index contributed by atoms with van der Waals surface area (Å²) in [6, 6.07) is 13.8. The number of aromatic nitrogens is 1. The first kappa shape index (κ1) is 19.2. The third-order valence-electron chi connectivity index (χ3n) is 4.93. The number of aromatic hydroxyl groups is 1. The van der Waals surface area contributed by atoms with Gasteiger partial charge in [-0.25, -0.2) is 0 Å². The first-order chi connectivity index (χ1) is 14.1. The SMILES string of the molecule is CCc1cccc2c1N=C/C2=C\c1sc(=O)n(CCOc2ccc(C)cc2)c1O. The molecule has 1 aromatic heterocycles. The molecule has 1 aliphatic rings. The van der Waals surface area contributed by atoms with Crippen LogP contribution in [0.5, 0.6) is 11.6 Å². The van der Waals surface area contributed by atoms with Crippen LogP contribution in [0.1, 0.15) is 28.5 Å². The number of hydrogen-bond acceptors (Lipinski definition) is 5. The smallest absolute Gasteiger partial charge is 0.310 e. The molecule has 2 heterocycles. The second-order valence-electron chi connectivity index (χ2n) is 6.89. The van der Waals surface area contributed by atoms with E-state index in [0.29, 0.717) is 11.5 Å². The highest BCUT2D eigenvalue weighted by atomic mass is 32.1. The number of ether oxygens (including phenoxy) is 1. The fourth-order valence-corrected chi connectivity index (χ4v) is 4.18. The largest absolute Gasteiger partial charge is 0.493 e. The van der Waals surface area contributed by atoms with Gasteiger partial charge in [-0.05, 0) is 37.1 Å². The number of para-hydroxylation sites is 1. The summed E-state index contributed by atoms with van der Waals surface area (Å²) in [6.07, 6.45) is 4.52. The van der Waals surface area contributed by atoms with E-state index in [9.17, 15) is 9.90 Å². The van der Waals surface area contributed by atoms with Gasteiger partial charge in [0.15, 0.2) is 0 Å². The van der Waals surface area contributed by atoms with Crippen LogP contribution < -0.4 is 9.61 Å². The van der Waals surface area contributed by atoms with Gasteiger partial charge in [0.25, 0.3) is 0 Å². The molecule has 0 amide bonds. The van der Waals surface area contributed by atoms with E-state index in [1.54, 1.807) is 6.21 Å². The minimum Gasteiger partial charge on any atom is -0.493 e. The lowest BCUT2D eigenvalue weighted by Crippen LogP contribution is -2.17. The topological polar surface area (TPSA) is 63.8 Å². The van der Waals surface area contributed by atoms with Gasteiger partial charge in [-0.1, -0.05) is 54.2 Å². The zero-order valence-corrected chi connectivity index (χ0v) is 17.2. The number of allylic oxidation sites excluding steroid dienone is 1. The molecule has 0 radical (unpaired) electrons. The molecule has 29 heavy (non-hydrogen) atoms. The Kier molecular flexibility index (Phi) is 5.36. The Labute approximate surface area is 173 Å². The lowest BCUT2D eigenvalue weighted by molar-refractivity contribution is 0.286. The third kappa shape index (κ3) is 3.89. The van der Waals surface area contributed by atoms with Crippen LogP contribution >= 0.6 is 11.3 Å². The molecule has 0 saturated carbocycles. The van der Waals surface area contributed by atoms with E-state index in [-0.39, 0.29) is 17.3 Å². The summed E-state index contributed by atoms with van der Waals surface area (Å²) in [6.45, 7) is 4.69. The van der Waals surface area contributed by atoms with Crippen molar-refractivity contribution in [1.29, 1.82) is 0 Å². The van der Waals surface area contributed by atoms with Crippen LogP contribution in [0.3, 0.4) is 0 Å². The Morgan fingerprint density at radius 3 is 2.76 bits per heavy atom. The van der Waals surface area contributed by atoms with Crippen LogP contribution in [0.2, 0.25) is 0 Å². The maximum Gasteiger partial charge on any atom is 0.310 e. The van der Waals surface area contributed by atoms with Gasteiger partial charge < -0.3 is 9.84 Å². The van der Waals surface area contributed by atoms with Crippen LogP contribution in [0, 0.1) is 6.92 Å². The van der Waals surface area contributed by atoms with E-state index in [1.165, 1.54) is 10.1 Å².